The van der Waals surface area contributed by atoms with Gasteiger partial charge in [-0.25, -0.2) is 4.39 Å². The molecule has 1 saturated carbocycles. The lowest BCUT2D eigenvalue weighted by Gasteiger charge is -2.34. The fraction of sp³-hybridized carbons (Fsp3) is 0.367. The third-order valence-electron chi connectivity index (χ3n) is 7.51. The summed E-state index contributed by atoms with van der Waals surface area (Å²) in [7, 11) is 1.46. The van der Waals surface area contributed by atoms with Crippen LogP contribution in [0.4, 0.5) is 4.39 Å². The van der Waals surface area contributed by atoms with Crippen LogP contribution in [-0.2, 0) is 16.0 Å². The Bertz CT molecular complexity index is 1180. The Kier molecular flexibility index (Phi) is 6.40. The van der Waals surface area contributed by atoms with Crippen molar-refractivity contribution in [1.29, 1.82) is 0 Å². The van der Waals surface area contributed by atoms with Gasteiger partial charge in [-0.15, -0.1) is 0 Å². The zero-order valence-corrected chi connectivity index (χ0v) is 19.9. The second-order valence-electron chi connectivity index (χ2n) is 9.70. The Morgan fingerprint density at radius 1 is 1.06 bits per heavy atom. The number of carbonyl (C=O) groups excluding carboxylic acids is 1. The largest absolute Gasteiger partial charge is 0.485 e. The highest BCUT2D eigenvalue weighted by atomic mass is 19.1. The summed E-state index contributed by atoms with van der Waals surface area (Å²) >= 11 is 0. The highest BCUT2D eigenvalue weighted by Crippen LogP contribution is 2.44. The molecule has 4 heteroatoms. The molecule has 3 aromatic rings. The second-order valence-corrected chi connectivity index (χ2v) is 9.70. The van der Waals surface area contributed by atoms with Crippen LogP contribution in [0.2, 0.25) is 0 Å². The minimum Gasteiger partial charge on any atom is -0.485 e. The molecule has 34 heavy (non-hydrogen) atoms. The van der Waals surface area contributed by atoms with Gasteiger partial charge in [-0.2, -0.15) is 0 Å². The highest BCUT2D eigenvalue weighted by molar-refractivity contribution is 5.70. The smallest absolute Gasteiger partial charge is 0.306 e. The molecule has 0 amide bonds. The molecule has 3 aromatic carbocycles. The molecule has 1 aliphatic carbocycles. The van der Waals surface area contributed by atoms with Gasteiger partial charge in [0.25, 0.3) is 0 Å². The van der Waals surface area contributed by atoms with E-state index in [0.717, 1.165) is 48.1 Å². The van der Waals surface area contributed by atoms with Gasteiger partial charge in [-0.05, 0) is 84.9 Å². The second kappa shape index (κ2) is 9.61. The summed E-state index contributed by atoms with van der Waals surface area (Å²) in [5.74, 6) is 1.27. The van der Waals surface area contributed by atoms with E-state index in [1.54, 1.807) is 6.07 Å². The molecule has 2 aliphatic rings. The molecule has 0 N–H and O–H groups in total. The van der Waals surface area contributed by atoms with Crippen molar-refractivity contribution in [2.45, 2.75) is 57.5 Å². The van der Waals surface area contributed by atoms with Crippen LogP contribution in [0.15, 0.2) is 60.7 Å². The Morgan fingerprint density at radius 3 is 2.56 bits per heavy atom. The molecule has 176 valence electrons. The van der Waals surface area contributed by atoms with Crippen LogP contribution >= 0.6 is 0 Å². The van der Waals surface area contributed by atoms with Gasteiger partial charge < -0.3 is 9.47 Å². The molecule has 3 nitrogen and oxygen atoms in total. The molecule has 0 bridgehead atoms. The standard InChI is InChI=1S/C30H31FO3/c1-19-6-14-27(31)26(16-19)21-7-9-22(10-8-21)28-15-13-23-11-12-24(17-29(23)34-28)25(18-30(32)33-2)20-4-3-5-20/h6-12,14,16-17,20,25,28H,3-5,13,15,18H2,1-2H3/t25-,28-/m1/s1. The molecule has 1 heterocycles. The first-order valence-electron chi connectivity index (χ1n) is 12.2. The molecule has 0 radical (unpaired) electrons. The topological polar surface area (TPSA) is 35.5 Å². The molecule has 0 spiro atoms. The predicted octanol–water partition coefficient (Wildman–Crippen LogP) is 7.31. The van der Waals surface area contributed by atoms with Gasteiger partial charge in [0.05, 0.1) is 13.5 Å². The van der Waals surface area contributed by atoms with Crippen LogP contribution in [-0.4, -0.2) is 13.1 Å². The van der Waals surface area contributed by atoms with Gasteiger partial charge in [0.15, 0.2) is 0 Å². The number of ether oxygens (including phenoxy) is 2. The number of fused-ring (bicyclic) bond motifs is 1. The van der Waals surface area contributed by atoms with Crippen molar-refractivity contribution in [3.8, 4) is 16.9 Å². The van der Waals surface area contributed by atoms with Crippen molar-refractivity contribution < 1.29 is 18.7 Å². The number of rotatable bonds is 6. The number of hydrogen-bond donors (Lipinski definition) is 0. The lowest BCUT2D eigenvalue weighted by atomic mass is 9.71. The summed E-state index contributed by atoms with van der Waals surface area (Å²) in [6.45, 7) is 1.97. The van der Waals surface area contributed by atoms with Gasteiger partial charge >= 0.3 is 5.97 Å². The summed E-state index contributed by atoms with van der Waals surface area (Å²) in [6, 6.07) is 19.7. The summed E-state index contributed by atoms with van der Waals surface area (Å²) in [6.07, 6.45) is 5.78. The van der Waals surface area contributed by atoms with Gasteiger partial charge in [0, 0.05) is 5.56 Å². The maximum Gasteiger partial charge on any atom is 0.306 e. The molecular formula is C30H31FO3. The van der Waals surface area contributed by atoms with Crippen LogP contribution in [0.1, 0.15) is 66.4 Å². The summed E-state index contributed by atoms with van der Waals surface area (Å²) in [5.41, 5.74) is 6.01. The first-order chi connectivity index (χ1) is 16.5. The molecule has 0 aromatic heterocycles. The third-order valence-corrected chi connectivity index (χ3v) is 7.51. The van der Waals surface area contributed by atoms with E-state index < -0.39 is 0 Å². The van der Waals surface area contributed by atoms with E-state index in [2.05, 4.69) is 18.2 Å². The van der Waals surface area contributed by atoms with E-state index >= 15 is 0 Å². The van der Waals surface area contributed by atoms with Crippen LogP contribution in [0.5, 0.6) is 5.75 Å². The zero-order valence-electron chi connectivity index (χ0n) is 19.9. The zero-order chi connectivity index (χ0) is 23.7. The highest BCUT2D eigenvalue weighted by Gasteiger charge is 2.32. The monoisotopic (exact) mass is 458 g/mol. The number of methoxy groups -OCH3 is 1. The molecule has 5 rings (SSSR count). The van der Waals surface area contributed by atoms with E-state index in [1.807, 2.05) is 37.3 Å². The fourth-order valence-electron chi connectivity index (χ4n) is 5.25. The first-order valence-corrected chi connectivity index (χ1v) is 12.2. The van der Waals surface area contributed by atoms with Crippen molar-refractivity contribution in [3.05, 3.63) is 88.7 Å². The predicted molar refractivity (Wildman–Crippen MR) is 131 cm³/mol. The molecule has 0 saturated heterocycles. The summed E-state index contributed by atoms with van der Waals surface area (Å²) < 4.78 is 25.8. The van der Waals surface area contributed by atoms with Crippen LogP contribution in [0.3, 0.4) is 0 Å². The maximum atomic E-state index is 14.3. The van der Waals surface area contributed by atoms with E-state index in [4.69, 9.17) is 9.47 Å². The van der Waals surface area contributed by atoms with Crippen molar-refractivity contribution in [1.82, 2.24) is 0 Å². The first kappa shape index (κ1) is 22.6. The van der Waals surface area contributed by atoms with Gasteiger partial charge in [0.1, 0.15) is 17.7 Å². The maximum absolute atomic E-state index is 14.3. The van der Waals surface area contributed by atoms with Crippen molar-refractivity contribution in [3.63, 3.8) is 0 Å². The lowest BCUT2D eigenvalue weighted by molar-refractivity contribution is -0.141. The molecular weight excluding hydrogens is 427 g/mol. The van der Waals surface area contributed by atoms with Crippen molar-refractivity contribution >= 4 is 5.97 Å². The van der Waals surface area contributed by atoms with Crippen LogP contribution < -0.4 is 4.74 Å². The third kappa shape index (κ3) is 4.59. The average molecular weight is 459 g/mol. The molecule has 1 fully saturated rings. The number of esters is 1. The number of benzene rings is 3. The van der Waals surface area contributed by atoms with E-state index in [0.29, 0.717) is 17.9 Å². The number of halogens is 1. The Hall–Kier alpha value is -3.14. The number of hydrogen-bond acceptors (Lipinski definition) is 3. The average Bonchev–Trinajstić information content (AvgIpc) is 2.83. The molecule has 1 aliphatic heterocycles. The number of aryl methyl sites for hydroxylation is 2. The van der Waals surface area contributed by atoms with Gasteiger partial charge in [-0.1, -0.05) is 54.4 Å². The normalized spacial score (nSPS) is 18.4. The van der Waals surface area contributed by atoms with Crippen LogP contribution in [0.25, 0.3) is 11.1 Å². The Labute approximate surface area is 200 Å². The lowest BCUT2D eigenvalue weighted by Crippen LogP contribution is -2.24. The minimum absolute atomic E-state index is 0.0399. The van der Waals surface area contributed by atoms with Crippen molar-refractivity contribution in [2.24, 2.45) is 5.92 Å². The van der Waals surface area contributed by atoms with Crippen LogP contribution in [0, 0.1) is 18.7 Å². The van der Waals surface area contributed by atoms with E-state index in [1.165, 1.54) is 30.7 Å². The SMILES string of the molecule is COC(=O)C[C@@H](c1ccc2c(c1)O[C@@H](c1ccc(-c3cc(C)ccc3F)cc1)CC2)C1CCC1. The van der Waals surface area contributed by atoms with Gasteiger partial charge in [0.2, 0.25) is 0 Å². The minimum atomic E-state index is -0.207. The number of carbonyl (C=O) groups is 1. The Morgan fingerprint density at radius 2 is 1.85 bits per heavy atom. The van der Waals surface area contributed by atoms with Crippen molar-refractivity contribution in [2.75, 3.05) is 7.11 Å². The van der Waals surface area contributed by atoms with Gasteiger partial charge in [-0.3, -0.25) is 4.79 Å². The van der Waals surface area contributed by atoms with E-state index in [9.17, 15) is 9.18 Å². The fourth-order valence-corrected chi connectivity index (χ4v) is 5.25. The molecule has 0 unspecified atom stereocenters. The van der Waals surface area contributed by atoms with E-state index in [-0.39, 0.29) is 23.8 Å². The summed E-state index contributed by atoms with van der Waals surface area (Å²) in [5, 5.41) is 0. The Balaban J connectivity index is 1.36. The summed E-state index contributed by atoms with van der Waals surface area (Å²) in [4.78, 5) is 12.1. The quantitative estimate of drug-likeness (QED) is 0.363. The molecule has 2 atom stereocenters.